The van der Waals surface area contributed by atoms with Crippen LogP contribution in [-0.4, -0.2) is 26.6 Å². The third-order valence-corrected chi connectivity index (χ3v) is 5.25. The molecule has 0 spiro atoms. The predicted molar refractivity (Wildman–Crippen MR) is 99.0 cm³/mol. The molecule has 1 aliphatic rings. The average molecular weight is 370 g/mol. The van der Waals surface area contributed by atoms with Crippen molar-refractivity contribution in [2.45, 2.75) is 18.2 Å². The molecule has 1 aliphatic heterocycles. The van der Waals surface area contributed by atoms with E-state index >= 15 is 0 Å². The number of carbonyl (C=O) groups is 1. The summed E-state index contributed by atoms with van der Waals surface area (Å²) in [4.78, 5) is 16.6. The van der Waals surface area contributed by atoms with Gasteiger partial charge in [0.15, 0.2) is 0 Å². The fourth-order valence-corrected chi connectivity index (χ4v) is 3.58. The van der Waals surface area contributed by atoms with Gasteiger partial charge < -0.3 is 4.84 Å². The summed E-state index contributed by atoms with van der Waals surface area (Å²) in [5.74, 6) is -0.542. The van der Waals surface area contributed by atoms with Crippen LogP contribution >= 0.6 is 0 Å². The lowest BCUT2D eigenvalue weighted by molar-refractivity contribution is -0.119. The molecule has 1 heterocycles. The molecule has 0 aromatic heterocycles. The lowest BCUT2D eigenvalue weighted by atomic mass is 9.95. The first-order valence-corrected chi connectivity index (χ1v) is 9.61. The van der Waals surface area contributed by atoms with Gasteiger partial charge in [-0.3, -0.25) is 4.79 Å². The number of hydrogen-bond donors (Lipinski definition) is 1. The Morgan fingerprint density at radius 2 is 1.77 bits per heavy atom. The van der Waals surface area contributed by atoms with Crippen molar-refractivity contribution < 1.29 is 18.0 Å². The van der Waals surface area contributed by atoms with Gasteiger partial charge in [-0.25, -0.2) is 13.1 Å². The van der Waals surface area contributed by atoms with E-state index in [-0.39, 0.29) is 11.3 Å². The highest BCUT2D eigenvalue weighted by Gasteiger charge is 2.19. The zero-order valence-electron chi connectivity index (χ0n) is 14.2. The van der Waals surface area contributed by atoms with Crippen LogP contribution in [0.3, 0.4) is 0 Å². The maximum absolute atomic E-state index is 12.2. The Balaban J connectivity index is 1.90. The molecule has 0 unspecified atom stereocenters. The smallest absolute Gasteiger partial charge is 0.264 e. The van der Waals surface area contributed by atoms with Crippen molar-refractivity contribution in [1.82, 2.24) is 4.72 Å². The second-order valence-electron chi connectivity index (χ2n) is 5.63. The fraction of sp³-hybridized carbons (Fsp3) is 0.158. The first-order valence-electron chi connectivity index (χ1n) is 8.13. The standard InChI is InChI=1S/C19H18N2O4S/c1-2-18(22)21-26(23,24)16-10-8-14(9-11-16)17-12-13-25-20-19(17)15-6-4-3-5-7-15/h3-12H,2,13H2,1H3,(H,21,22). The Morgan fingerprint density at radius 1 is 1.08 bits per heavy atom. The first kappa shape index (κ1) is 17.9. The highest BCUT2D eigenvalue weighted by atomic mass is 32.2. The van der Waals surface area contributed by atoms with Gasteiger partial charge >= 0.3 is 0 Å². The van der Waals surface area contributed by atoms with Gasteiger partial charge in [0, 0.05) is 17.6 Å². The summed E-state index contributed by atoms with van der Waals surface area (Å²) in [5.41, 5.74) is 3.28. The summed E-state index contributed by atoms with van der Waals surface area (Å²) < 4.78 is 26.4. The maximum Gasteiger partial charge on any atom is 0.264 e. The van der Waals surface area contributed by atoms with E-state index in [1.165, 1.54) is 12.1 Å². The number of allylic oxidation sites excluding steroid dienone is 1. The summed E-state index contributed by atoms with van der Waals surface area (Å²) in [7, 11) is -3.86. The van der Waals surface area contributed by atoms with Crippen molar-refractivity contribution in [2.75, 3.05) is 6.61 Å². The van der Waals surface area contributed by atoms with Crippen molar-refractivity contribution >= 4 is 27.2 Å². The highest BCUT2D eigenvalue weighted by molar-refractivity contribution is 7.90. The topological polar surface area (TPSA) is 84.8 Å². The van der Waals surface area contributed by atoms with E-state index in [9.17, 15) is 13.2 Å². The number of nitrogens with zero attached hydrogens (tertiary/aromatic N) is 1. The van der Waals surface area contributed by atoms with Gasteiger partial charge in [0.2, 0.25) is 5.91 Å². The zero-order valence-corrected chi connectivity index (χ0v) is 15.0. The fourth-order valence-electron chi connectivity index (χ4n) is 2.52. The van der Waals surface area contributed by atoms with E-state index in [2.05, 4.69) is 5.16 Å². The molecule has 0 saturated carbocycles. The monoisotopic (exact) mass is 370 g/mol. The molecule has 2 aromatic rings. The van der Waals surface area contributed by atoms with E-state index in [1.54, 1.807) is 19.1 Å². The van der Waals surface area contributed by atoms with Crippen LogP contribution in [0.15, 0.2) is 70.7 Å². The number of sulfonamides is 1. The van der Waals surface area contributed by atoms with Crippen molar-refractivity contribution in [2.24, 2.45) is 5.16 Å². The van der Waals surface area contributed by atoms with Crippen molar-refractivity contribution in [3.05, 3.63) is 71.8 Å². The number of nitrogens with one attached hydrogen (secondary N) is 1. The molecule has 7 heteroatoms. The summed E-state index contributed by atoms with van der Waals surface area (Å²) in [6.07, 6.45) is 2.00. The molecule has 1 amide bonds. The van der Waals surface area contributed by atoms with Gasteiger partial charge in [-0.05, 0) is 23.8 Å². The molecular weight excluding hydrogens is 352 g/mol. The zero-order chi connectivity index (χ0) is 18.6. The van der Waals surface area contributed by atoms with Crippen LogP contribution in [0.1, 0.15) is 24.5 Å². The minimum atomic E-state index is -3.86. The second kappa shape index (κ2) is 7.53. The third kappa shape index (κ3) is 3.83. The molecular formula is C19H18N2O4S. The van der Waals surface area contributed by atoms with Gasteiger partial charge in [-0.1, -0.05) is 54.5 Å². The second-order valence-corrected chi connectivity index (χ2v) is 7.31. The van der Waals surface area contributed by atoms with Gasteiger partial charge in [0.25, 0.3) is 10.0 Å². The number of hydrogen-bond acceptors (Lipinski definition) is 5. The minimum absolute atomic E-state index is 0.0360. The Bertz CT molecular complexity index is 962. The number of carbonyl (C=O) groups excluding carboxylic acids is 1. The van der Waals surface area contributed by atoms with Crippen LogP contribution < -0.4 is 4.72 Å². The Hall–Kier alpha value is -2.93. The van der Waals surface area contributed by atoms with E-state index in [1.807, 2.05) is 41.1 Å². The Labute approximate surface area is 152 Å². The molecule has 0 aliphatic carbocycles. The highest BCUT2D eigenvalue weighted by Crippen LogP contribution is 2.24. The van der Waals surface area contributed by atoms with E-state index in [4.69, 9.17) is 4.84 Å². The molecule has 6 nitrogen and oxygen atoms in total. The number of rotatable bonds is 5. The maximum atomic E-state index is 12.2. The molecule has 0 bridgehead atoms. The largest absolute Gasteiger partial charge is 0.391 e. The minimum Gasteiger partial charge on any atom is -0.391 e. The molecule has 0 radical (unpaired) electrons. The SMILES string of the molecule is CCC(=O)NS(=O)(=O)c1ccc(C2=CCON=C2c2ccccc2)cc1. The van der Waals surface area contributed by atoms with Crippen LogP contribution in [0.25, 0.3) is 5.57 Å². The molecule has 0 fully saturated rings. The lowest BCUT2D eigenvalue weighted by Crippen LogP contribution is -2.29. The van der Waals surface area contributed by atoms with Crippen LogP contribution in [0, 0.1) is 0 Å². The summed E-state index contributed by atoms with van der Waals surface area (Å²) in [5, 5.41) is 4.15. The Morgan fingerprint density at radius 3 is 2.42 bits per heavy atom. The number of oxime groups is 1. The van der Waals surface area contributed by atoms with Crippen molar-refractivity contribution in [1.29, 1.82) is 0 Å². The molecule has 0 saturated heterocycles. The van der Waals surface area contributed by atoms with Crippen molar-refractivity contribution in [3.8, 4) is 0 Å². The Kier molecular flexibility index (Phi) is 5.18. The predicted octanol–water partition coefficient (Wildman–Crippen LogP) is 2.72. The molecule has 0 atom stereocenters. The van der Waals surface area contributed by atoms with Gasteiger partial charge in [0.1, 0.15) is 12.3 Å². The van der Waals surface area contributed by atoms with E-state index in [0.29, 0.717) is 12.3 Å². The third-order valence-electron chi connectivity index (χ3n) is 3.87. The van der Waals surface area contributed by atoms with Crippen LogP contribution in [-0.2, 0) is 19.7 Å². The first-order chi connectivity index (χ1) is 12.5. The van der Waals surface area contributed by atoms with Crippen LogP contribution in [0.5, 0.6) is 0 Å². The van der Waals surface area contributed by atoms with Crippen LogP contribution in [0.2, 0.25) is 0 Å². The molecule has 3 rings (SSSR count). The van der Waals surface area contributed by atoms with Crippen molar-refractivity contribution in [3.63, 3.8) is 0 Å². The molecule has 2 aromatic carbocycles. The summed E-state index contributed by atoms with van der Waals surface area (Å²) >= 11 is 0. The molecule has 1 N–H and O–H groups in total. The van der Waals surface area contributed by atoms with Gasteiger partial charge in [-0.15, -0.1) is 0 Å². The van der Waals surface area contributed by atoms with Crippen LogP contribution in [0.4, 0.5) is 0 Å². The van der Waals surface area contributed by atoms with E-state index in [0.717, 1.165) is 16.7 Å². The lowest BCUT2D eigenvalue weighted by Gasteiger charge is -2.16. The number of benzene rings is 2. The van der Waals surface area contributed by atoms with Gasteiger partial charge in [-0.2, -0.15) is 0 Å². The van der Waals surface area contributed by atoms with E-state index < -0.39 is 15.9 Å². The molecule has 26 heavy (non-hydrogen) atoms. The average Bonchev–Trinajstić information content (AvgIpc) is 2.68. The summed E-state index contributed by atoms with van der Waals surface area (Å²) in [6.45, 7) is 1.94. The summed E-state index contributed by atoms with van der Waals surface area (Å²) in [6, 6.07) is 15.9. The van der Waals surface area contributed by atoms with Gasteiger partial charge in [0.05, 0.1) is 4.90 Å². The normalized spacial score (nSPS) is 14.0. The molecule has 134 valence electrons. The number of amides is 1. The quantitative estimate of drug-likeness (QED) is 0.877.